The highest BCUT2D eigenvalue weighted by atomic mass is 35.5. The van der Waals surface area contributed by atoms with Crippen molar-refractivity contribution in [2.75, 3.05) is 32.8 Å². The summed E-state index contributed by atoms with van der Waals surface area (Å²) in [6.45, 7) is 4.94. The predicted octanol–water partition coefficient (Wildman–Crippen LogP) is 7.88. The number of halogens is 5. The standard InChI is InChI=1S/C30H38Cl2N2O2.C2HF3O2/c31-28-20-24(22-9-11-26(12-10-22)36-18-17-33-14-5-2-6-15-33)21-29(32)27(28)19-23-13-16-34(30(23)35)25-7-3-1-4-8-25;3-2(4,5)1(6)7/h9-12,20-21,23,25H,1-8,13-19H2;(H,6,7). The Kier molecular flexibility index (Phi) is 12.0. The second-order valence-electron chi connectivity index (χ2n) is 11.5. The van der Waals surface area contributed by atoms with Gasteiger partial charge in [-0.2, -0.15) is 13.2 Å². The first-order chi connectivity index (χ1) is 20.5. The minimum absolute atomic E-state index is 0.0193. The first kappa shape index (κ1) is 33.4. The van der Waals surface area contributed by atoms with E-state index >= 15 is 0 Å². The lowest BCUT2D eigenvalue weighted by molar-refractivity contribution is -0.192. The third-order valence-electron chi connectivity index (χ3n) is 8.51. The third-order valence-corrected chi connectivity index (χ3v) is 9.19. The Labute approximate surface area is 261 Å². The molecule has 236 valence electrons. The molecule has 0 radical (unpaired) electrons. The largest absolute Gasteiger partial charge is 0.492 e. The van der Waals surface area contributed by atoms with Crippen LogP contribution in [0, 0.1) is 5.92 Å². The van der Waals surface area contributed by atoms with Gasteiger partial charge in [-0.05, 0) is 92.6 Å². The Bertz CT molecular complexity index is 1210. The summed E-state index contributed by atoms with van der Waals surface area (Å²) >= 11 is 13.5. The number of piperidine rings is 1. The fraction of sp³-hybridized carbons (Fsp3) is 0.562. The summed E-state index contributed by atoms with van der Waals surface area (Å²) in [5, 5.41) is 8.41. The molecule has 1 aliphatic carbocycles. The van der Waals surface area contributed by atoms with Crippen molar-refractivity contribution in [1.29, 1.82) is 0 Å². The number of amides is 1. The zero-order chi connectivity index (χ0) is 31.0. The minimum atomic E-state index is -5.08. The predicted molar refractivity (Wildman–Crippen MR) is 162 cm³/mol. The maximum atomic E-state index is 13.1. The molecule has 0 aromatic heterocycles. The van der Waals surface area contributed by atoms with Gasteiger partial charge in [0.25, 0.3) is 0 Å². The van der Waals surface area contributed by atoms with Crippen molar-refractivity contribution in [3.05, 3.63) is 52.0 Å². The van der Waals surface area contributed by atoms with Gasteiger partial charge in [-0.25, -0.2) is 4.79 Å². The van der Waals surface area contributed by atoms with E-state index in [0.717, 1.165) is 54.8 Å². The van der Waals surface area contributed by atoms with Crippen LogP contribution in [0.3, 0.4) is 0 Å². The molecule has 1 amide bonds. The van der Waals surface area contributed by atoms with Crippen LogP contribution in [0.2, 0.25) is 10.0 Å². The molecule has 2 aromatic carbocycles. The Morgan fingerprint density at radius 3 is 2.05 bits per heavy atom. The number of rotatable bonds is 8. The molecule has 11 heteroatoms. The van der Waals surface area contributed by atoms with E-state index in [9.17, 15) is 18.0 Å². The molecule has 1 atom stereocenters. The van der Waals surface area contributed by atoms with Crippen LogP contribution >= 0.6 is 23.2 Å². The van der Waals surface area contributed by atoms with Crippen molar-refractivity contribution in [1.82, 2.24) is 9.80 Å². The van der Waals surface area contributed by atoms with E-state index in [-0.39, 0.29) is 11.8 Å². The highest BCUT2D eigenvalue weighted by molar-refractivity contribution is 6.36. The van der Waals surface area contributed by atoms with Gasteiger partial charge in [-0.3, -0.25) is 9.69 Å². The summed E-state index contributed by atoms with van der Waals surface area (Å²) in [6.07, 6.45) is 6.46. The smallest absolute Gasteiger partial charge is 0.490 e. The van der Waals surface area contributed by atoms with Crippen LogP contribution in [0.25, 0.3) is 11.1 Å². The molecule has 1 N–H and O–H groups in total. The Hall–Kier alpha value is -2.49. The molecule has 1 saturated carbocycles. The van der Waals surface area contributed by atoms with Crippen LogP contribution in [0.1, 0.15) is 63.4 Å². The summed E-state index contributed by atoms with van der Waals surface area (Å²) in [5.41, 5.74) is 2.92. The second kappa shape index (κ2) is 15.5. The lowest BCUT2D eigenvalue weighted by atomic mass is 9.93. The highest BCUT2D eigenvalue weighted by Gasteiger charge is 2.38. The SMILES string of the molecule is O=C(O)C(F)(F)F.O=C1C(Cc2c(Cl)cc(-c3ccc(OCCN4CCCCC4)cc3)cc2Cl)CCN1C1CCCCC1. The maximum absolute atomic E-state index is 13.1. The summed E-state index contributed by atoms with van der Waals surface area (Å²) in [7, 11) is 0. The fourth-order valence-electron chi connectivity index (χ4n) is 6.14. The van der Waals surface area contributed by atoms with E-state index in [1.54, 1.807) is 0 Å². The summed E-state index contributed by atoms with van der Waals surface area (Å²) in [4.78, 5) is 26.7. The monoisotopic (exact) mass is 642 g/mol. The van der Waals surface area contributed by atoms with Crippen LogP contribution in [0.4, 0.5) is 13.2 Å². The number of alkyl halides is 3. The molecule has 6 nitrogen and oxygen atoms in total. The van der Waals surface area contributed by atoms with Gasteiger partial charge in [0.2, 0.25) is 5.91 Å². The number of nitrogens with zero attached hydrogens (tertiary/aromatic N) is 2. The number of likely N-dealkylation sites (tertiary alicyclic amines) is 2. The molecule has 0 spiro atoms. The number of carbonyl (C=O) groups is 2. The molecule has 5 rings (SSSR count). The number of carbonyl (C=O) groups excluding carboxylic acids is 1. The quantitative estimate of drug-likeness (QED) is 0.317. The molecular formula is C32H39Cl2F3N2O4. The first-order valence-corrected chi connectivity index (χ1v) is 15.8. The second-order valence-corrected chi connectivity index (χ2v) is 12.3. The first-order valence-electron chi connectivity index (χ1n) is 15.1. The lowest BCUT2D eigenvalue weighted by Crippen LogP contribution is -2.39. The number of ether oxygens (including phenoxy) is 1. The average Bonchev–Trinajstić information content (AvgIpc) is 3.35. The summed E-state index contributed by atoms with van der Waals surface area (Å²) < 4.78 is 37.7. The zero-order valence-electron chi connectivity index (χ0n) is 24.2. The number of aliphatic carboxylic acids is 1. The van der Waals surface area contributed by atoms with E-state index in [4.69, 9.17) is 37.8 Å². The Morgan fingerprint density at radius 2 is 1.47 bits per heavy atom. The van der Waals surface area contributed by atoms with Crippen LogP contribution < -0.4 is 4.74 Å². The summed E-state index contributed by atoms with van der Waals surface area (Å²) in [5.74, 6) is -1.61. The molecular weight excluding hydrogens is 604 g/mol. The molecule has 2 saturated heterocycles. The number of carboxylic acid groups (broad SMARTS) is 1. The van der Waals surface area contributed by atoms with Crippen molar-refractivity contribution in [2.45, 2.75) is 76.4 Å². The molecule has 1 unspecified atom stereocenters. The van der Waals surface area contributed by atoms with Crippen LogP contribution in [0.15, 0.2) is 36.4 Å². The van der Waals surface area contributed by atoms with Crippen LogP contribution in [0.5, 0.6) is 5.75 Å². The Balaban J connectivity index is 0.000000541. The van der Waals surface area contributed by atoms with Gasteiger partial charge in [0.15, 0.2) is 0 Å². The minimum Gasteiger partial charge on any atom is -0.492 e. The lowest BCUT2D eigenvalue weighted by Gasteiger charge is -2.31. The third kappa shape index (κ3) is 9.50. The number of benzene rings is 2. The number of hydrogen-bond acceptors (Lipinski definition) is 4. The molecule has 2 heterocycles. The van der Waals surface area contributed by atoms with Crippen LogP contribution in [-0.4, -0.2) is 71.8 Å². The summed E-state index contributed by atoms with van der Waals surface area (Å²) in [6, 6.07) is 12.5. The molecule has 2 aliphatic heterocycles. The molecule has 43 heavy (non-hydrogen) atoms. The Morgan fingerprint density at radius 1 is 0.884 bits per heavy atom. The zero-order valence-corrected chi connectivity index (χ0v) is 25.7. The molecule has 2 aromatic rings. The van der Waals surface area contributed by atoms with Gasteiger partial charge in [0.1, 0.15) is 12.4 Å². The van der Waals surface area contributed by atoms with Gasteiger partial charge in [-0.1, -0.05) is 61.0 Å². The van der Waals surface area contributed by atoms with Crippen molar-refractivity contribution in [3.8, 4) is 16.9 Å². The van der Waals surface area contributed by atoms with E-state index in [1.807, 2.05) is 24.3 Å². The van der Waals surface area contributed by atoms with E-state index < -0.39 is 12.1 Å². The van der Waals surface area contributed by atoms with Gasteiger partial charge in [0, 0.05) is 35.1 Å². The number of hydrogen-bond donors (Lipinski definition) is 1. The van der Waals surface area contributed by atoms with Gasteiger partial charge < -0.3 is 14.7 Å². The van der Waals surface area contributed by atoms with Crippen LogP contribution in [-0.2, 0) is 16.0 Å². The highest BCUT2D eigenvalue weighted by Crippen LogP contribution is 2.37. The average molecular weight is 644 g/mol. The van der Waals surface area contributed by atoms with Crippen molar-refractivity contribution >= 4 is 35.1 Å². The fourth-order valence-corrected chi connectivity index (χ4v) is 6.78. The van der Waals surface area contributed by atoms with Crippen molar-refractivity contribution in [2.24, 2.45) is 5.92 Å². The van der Waals surface area contributed by atoms with Gasteiger partial charge >= 0.3 is 12.1 Å². The molecule has 3 aliphatic rings. The topological polar surface area (TPSA) is 70.1 Å². The van der Waals surface area contributed by atoms with Gasteiger partial charge in [0.05, 0.1) is 0 Å². The van der Waals surface area contributed by atoms with E-state index in [2.05, 4.69) is 21.9 Å². The van der Waals surface area contributed by atoms with Gasteiger partial charge in [-0.15, -0.1) is 0 Å². The van der Waals surface area contributed by atoms with Crippen molar-refractivity contribution < 1.29 is 32.6 Å². The normalized spacial score (nSPS) is 20.1. The molecule has 0 bridgehead atoms. The molecule has 3 fully saturated rings. The van der Waals surface area contributed by atoms with E-state index in [0.29, 0.717) is 29.1 Å². The van der Waals surface area contributed by atoms with Crippen molar-refractivity contribution in [3.63, 3.8) is 0 Å². The van der Waals surface area contributed by atoms with E-state index in [1.165, 1.54) is 51.6 Å². The number of carboxylic acids is 1. The maximum Gasteiger partial charge on any atom is 0.490 e.